The minimum Gasteiger partial charge on any atom is -0.497 e. The number of fused-ring (bicyclic) bond motifs is 3. The highest BCUT2D eigenvalue weighted by molar-refractivity contribution is 5.99. The zero-order valence-corrected chi connectivity index (χ0v) is 10.2. The molecule has 0 radical (unpaired) electrons. The van der Waals surface area contributed by atoms with Crippen LogP contribution in [0.4, 0.5) is 0 Å². The maximum absolute atomic E-state index is 12.2. The van der Waals surface area contributed by atoms with Gasteiger partial charge in [0.05, 0.1) is 7.11 Å². The van der Waals surface area contributed by atoms with Crippen LogP contribution in [0.15, 0.2) is 18.2 Å². The summed E-state index contributed by atoms with van der Waals surface area (Å²) in [4.78, 5) is 12.2. The van der Waals surface area contributed by atoms with Crippen LogP contribution in [-0.2, 0) is 0 Å². The molecule has 0 heterocycles. The van der Waals surface area contributed by atoms with Crippen molar-refractivity contribution < 1.29 is 9.53 Å². The molecular weight excluding hydrogens is 212 g/mol. The fourth-order valence-corrected chi connectivity index (χ4v) is 3.44. The van der Waals surface area contributed by atoms with Crippen molar-refractivity contribution in [2.24, 2.45) is 5.92 Å². The highest BCUT2D eigenvalue weighted by Gasteiger charge is 2.35. The topological polar surface area (TPSA) is 26.3 Å². The van der Waals surface area contributed by atoms with E-state index in [9.17, 15) is 4.79 Å². The Morgan fingerprint density at radius 3 is 2.88 bits per heavy atom. The van der Waals surface area contributed by atoms with Crippen LogP contribution in [0.2, 0.25) is 0 Å². The maximum Gasteiger partial charge on any atom is 0.163 e. The summed E-state index contributed by atoms with van der Waals surface area (Å²) in [6, 6.07) is 6.01. The van der Waals surface area contributed by atoms with E-state index in [0.29, 0.717) is 17.6 Å². The van der Waals surface area contributed by atoms with Crippen molar-refractivity contribution in [3.63, 3.8) is 0 Å². The van der Waals surface area contributed by atoms with Gasteiger partial charge in [0.1, 0.15) is 5.75 Å². The number of methoxy groups -OCH3 is 1. The molecule has 1 aromatic rings. The Kier molecular flexibility index (Phi) is 2.65. The van der Waals surface area contributed by atoms with Crippen molar-refractivity contribution in [1.82, 2.24) is 0 Å². The monoisotopic (exact) mass is 230 g/mol. The van der Waals surface area contributed by atoms with Gasteiger partial charge in [-0.1, -0.05) is 18.9 Å². The van der Waals surface area contributed by atoms with Crippen molar-refractivity contribution in [2.45, 2.75) is 38.0 Å². The Morgan fingerprint density at radius 2 is 2.06 bits per heavy atom. The molecule has 1 saturated carbocycles. The lowest BCUT2D eigenvalue weighted by Gasteiger charge is -2.36. The van der Waals surface area contributed by atoms with E-state index >= 15 is 0 Å². The Labute approximate surface area is 102 Å². The van der Waals surface area contributed by atoms with Gasteiger partial charge < -0.3 is 4.74 Å². The van der Waals surface area contributed by atoms with E-state index in [0.717, 1.165) is 17.7 Å². The van der Waals surface area contributed by atoms with Gasteiger partial charge in [-0.25, -0.2) is 0 Å². The van der Waals surface area contributed by atoms with E-state index in [1.165, 1.54) is 31.2 Å². The molecule has 90 valence electrons. The molecule has 0 N–H and O–H groups in total. The van der Waals surface area contributed by atoms with Gasteiger partial charge in [-0.15, -0.1) is 0 Å². The molecule has 2 aliphatic rings. The Balaban J connectivity index is 2.04. The van der Waals surface area contributed by atoms with Crippen LogP contribution in [0.1, 0.15) is 53.9 Å². The lowest BCUT2D eigenvalue weighted by molar-refractivity contribution is 0.0919. The summed E-state index contributed by atoms with van der Waals surface area (Å²) in [5.41, 5.74) is 2.18. The van der Waals surface area contributed by atoms with Gasteiger partial charge in [0, 0.05) is 12.0 Å². The number of carbonyl (C=O) groups excluding carboxylic acids is 1. The normalized spacial score (nSPS) is 27.2. The number of rotatable bonds is 1. The van der Waals surface area contributed by atoms with Gasteiger partial charge in [0.15, 0.2) is 5.78 Å². The SMILES string of the molecule is COc1ccc2c(c1)C(=O)C[C@H]1CCCC[C@@H]21. The first-order valence-corrected chi connectivity index (χ1v) is 6.50. The summed E-state index contributed by atoms with van der Waals surface area (Å²) in [6.45, 7) is 0. The van der Waals surface area contributed by atoms with Gasteiger partial charge in [-0.2, -0.15) is 0 Å². The van der Waals surface area contributed by atoms with Crippen LogP contribution in [0.25, 0.3) is 0 Å². The van der Waals surface area contributed by atoms with Crippen LogP contribution in [0, 0.1) is 5.92 Å². The molecule has 0 aromatic heterocycles. The number of ketones is 1. The third-order valence-corrected chi connectivity index (χ3v) is 4.32. The summed E-state index contributed by atoms with van der Waals surface area (Å²) >= 11 is 0. The molecule has 0 aliphatic heterocycles. The molecule has 1 fully saturated rings. The van der Waals surface area contributed by atoms with E-state index in [1.807, 2.05) is 12.1 Å². The Bertz CT molecular complexity index is 450. The highest BCUT2D eigenvalue weighted by Crippen LogP contribution is 2.45. The molecule has 0 unspecified atom stereocenters. The molecule has 17 heavy (non-hydrogen) atoms. The van der Waals surface area contributed by atoms with Crippen molar-refractivity contribution in [3.8, 4) is 5.75 Å². The summed E-state index contributed by atoms with van der Waals surface area (Å²) in [6.07, 6.45) is 5.81. The molecule has 0 amide bonds. The van der Waals surface area contributed by atoms with Gasteiger partial charge in [-0.3, -0.25) is 4.79 Å². The number of carbonyl (C=O) groups is 1. The van der Waals surface area contributed by atoms with Gasteiger partial charge >= 0.3 is 0 Å². The van der Waals surface area contributed by atoms with Crippen LogP contribution in [0.3, 0.4) is 0 Å². The van der Waals surface area contributed by atoms with Gasteiger partial charge in [0.2, 0.25) is 0 Å². The van der Waals surface area contributed by atoms with Crippen molar-refractivity contribution >= 4 is 5.78 Å². The summed E-state index contributed by atoms with van der Waals surface area (Å²) in [5, 5.41) is 0. The average Bonchev–Trinajstić information content (AvgIpc) is 2.38. The van der Waals surface area contributed by atoms with Crippen molar-refractivity contribution in [3.05, 3.63) is 29.3 Å². The van der Waals surface area contributed by atoms with Crippen LogP contribution in [-0.4, -0.2) is 12.9 Å². The lowest BCUT2D eigenvalue weighted by atomic mass is 9.68. The second-order valence-electron chi connectivity index (χ2n) is 5.23. The van der Waals surface area contributed by atoms with Gasteiger partial charge in [-0.05, 0) is 42.4 Å². The minimum absolute atomic E-state index is 0.307. The fourth-order valence-electron chi connectivity index (χ4n) is 3.44. The molecule has 0 saturated heterocycles. The number of Topliss-reactive ketones (excluding diaryl/α,β-unsaturated/α-hetero) is 1. The predicted molar refractivity (Wildman–Crippen MR) is 66.6 cm³/mol. The highest BCUT2D eigenvalue weighted by atomic mass is 16.5. The molecule has 0 bridgehead atoms. The first-order chi connectivity index (χ1) is 8.29. The summed E-state index contributed by atoms with van der Waals surface area (Å²) in [7, 11) is 1.65. The number of benzene rings is 1. The van der Waals surface area contributed by atoms with Crippen LogP contribution >= 0.6 is 0 Å². The summed E-state index contributed by atoms with van der Waals surface area (Å²) < 4.78 is 5.21. The Morgan fingerprint density at radius 1 is 1.24 bits per heavy atom. The number of hydrogen-bond acceptors (Lipinski definition) is 2. The molecule has 0 spiro atoms. The molecule has 3 rings (SSSR count). The largest absolute Gasteiger partial charge is 0.497 e. The van der Waals surface area contributed by atoms with E-state index in [1.54, 1.807) is 7.11 Å². The average molecular weight is 230 g/mol. The van der Waals surface area contributed by atoms with E-state index < -0.39 is 0 Å². The van der Waals surface area contributed by atoms with Crippen molar-refractivity contribution in [2.75, 3.05) is 7.11 Å². The fraction of sp³-hybridized carbons (Fsp3) is 0.533. The zero-order valence-electron chi connectivity index (χ0n) is 10.2. The van der Waals surface area contributed by atoms with Crippen molar-refractivity contribution in [1.29, 1.82) is 0 Å². The standard InChI is InChI=1S/C15H18O2/c1-17-11-6-7-13-12-5-3-2-4-10(12)8-15(16)14(13)9-11/h6-7,9-10,12H,2-5,8H2,1H3/t10-,12-/m1/s1. The minimum atomic E-state index is 0.307. The number of hydrogen-bond donors (Lipinski definition) is 0. The van der Waals surface area contributed by atoms with E-state index in [-0.39, 0.29) is 0 Å². The first kappa shape index (κ1) is 10.8. The molecule has 2 aliphatic carbocycles. The molecule has 1 aromatic carbocycles. The molecule has 2 nitrogen and oxygen atoms in total. The first-order valence-electron chi connectivity index (χ1n) is 6.50. The summed E-state index contributed by atoms with van der Waals surface area (Å²) in [5.74, 6) is 2.31. The predicted octanol–water partition coefficient (Wildman–Crippen LogP) is 3.56. The molecule has 2 atom stereocenters. The maximum atomic E-state index is 12.2. The molecular formula is C15H18O2. The third-order valence-electron chi connectivity index (χ3n) is 4.32. The smallest absolute Gasteiger partial charge is 0.163 e. The van der Waals surface area contributed by atoms with Crippen LogP contribution < -0.4 is 4.74 Å². The van der Waals surface area contributed by atoms with Crippen LogP contribution in [0.5, 0.6) is 5.75 Å². The van der Waals surface area contributed by atoms with Gasteiger partial charge in [0.25, 0.3) is 0 Å². The second kappa shape index (κ2) is 4.17. The molecule has 2 heteroatoms. The Hall–Kier alpha value is -1.31. The van der Waals surface area contributed by atoms with E-state index in [4.69, 9.17) is 4.74 Å². The third kappa shape index (κ3) is 1.76. The quantitative estimate of drug-likeness (QED) is 0.737. The van der Waals surface area contributed by atoms with E-state index in [2.05, 4.69) is 6.07 Å². The lowest BCUT2D eigenvalue weighted by Crippen LogP contribution is -2.27. The zero-order chi connectivity index (χ0) is 11.8. The second-order valence-corrected chi connectivity index (χ2v) is 5.23. The number of ether oxygens (including phenoxy) is 1.